The second-order valence-corrected chi connectivity index (χ2v) is 10.9. The zero-order chi connectivity index (χ0) is 26.9. The Labute approximate surface area is 229 Å². The number of anilines is 3. The molecule has 2 aromatic heterocycles. The van der Waals surface area contributed by atoms with Gasteiger partial charge in [0.2, 0.25) is 5.95 Å². The molecular formula is C31H37N7O. The summed E-state index contributed by atoms with van der Waals surface area (Å²) in [5.41, 5.74) is 5.78. The van der Waals surface area contributed by atoms with Crippen molar-refractivity contribution in [3.05, 3.63) is 76.7 Å². The minimum Gasteiger partial charge on any atom is -0.369 e. The third-order valence-electron chi connectivity index (χ3n) is 8.22. The van der Waals surface area contributed by atoms with Crippen LogP contribution in [0.5, 0.6) is 0 Å². The molecule has 1 N–H and O–H groups in total. The number of piperazine rings is 1. The molecule has 2 aromatic carbocycles. The lowest BCUT2D eigenvalue weighted by molar-refractivity contribution is 0.313. The minimum absolute atomic E-state index is 0.00928. The van der Waals surface area contributed by atoms with Crippen molar-refractivity contribution in [1.29, 1.82) is 0 Å². The van der Waals surface area contributed by atoms with Gasteiger partial charge in [0.15, 0.2) is 0 Å². The lowest BCUT2D eigenvalue weighted by atomic mass is 9.90. The minimum atomic E-state index is -0.00928. The van der Waals surface area contributed by atoms with Crippen LogP contribution >= 0.6 is 0 Å². The first kappa shape index (κ1) is 25.5. The van der Waals surface area contributed by atoms with Gasteiger partial charge in [0.25, 0.3) is 5.56 Å². The molecule has 0 bridgehead atoms. The quantitative estimate of drug-likeness (QED) is 0.402. The summed E-state index contributed by atoms with van der Waals surface area (Å²) in [6.45, 7) is 8.86. The van der Waals surface area contributed by atoms with Crippen LogP contribution in [0.2, 0.25) is 0 Å². The van der Waals surface area contributed by atoms with E-state index < -0.39 is 0 Å². The Hall–Kier alpha value is -3.75. The maximum atomic E-state index is 13.8. The lowest BCUT2D eigenvalue weighted by Gasteiger charge is -2.34. The molecule has 4 aromatic rings. The van der Waals surface area contributed by atoms with Crippen molar-refractivity contribution in [3.8, 4) is 11.1 Å². The topological polar surface area (TPSA) is 69.5 Å². The number of benzene rings is 2. The van der Waals surface area contributed by atoms with Crippen molar-refractivity contribution in [2.45, 2.75) is 25.8 Å². The standard InChI is InChI=1S/C31H37N7O/c1-4-38-29-23(19-28(30(38)39)27-8-6-5-7-26(27)22-13-14-36(3)21-22)20-32-31(34-29)33-24-9-11-25(12-10-24)37-17-15-35(2)16-18-37/h5-12,19-20,22H,4,13-18,21H2,1-3H3,(H,32,33,34). The van der Waals surface area contributed by atoms with E-state index in [-0.39, 0.29) is 5.56 Å². The molecule has 2 aliphatic rings. The molecule has 0 radical (unpaired) electrons. The van der Waals surface area contributed by atoms with Crippen molar-refractivity contribution in [2.75, 3.05) is 63.6 Å². The normalized spacial score (nSPS) is 18.6. The van der Waals surface area contributed by atoms with Gasteiger partial charge in [-0.25, -0.2) is 4.98 Å². The fourth-order valence-electron chi connectivity index (χ4n) is 5.94. The smallest absolute Gasteiger partial charge is 0.260 e. The van der Waals surface area contributed by atoms with Gasteiger partial charge in [-0.1, -0.05) is 24.3 Å². The van der Waals surface area contributed by atoms with Crippen LogP contribution in [0.25, 0.3) is 22.2 Å². The molecule has 1 unspecified atom stereocenters. The molecule has 0 saturated carbocycles. The maximum absolute atomic E-state index is 13.8. The van der Waals surface area contributed by atoms with Crippen LogP contribution in [-0.2, 0) is 6.54 Å². The Morgan fingerprint density at radius 3 is 2.41 bits per heavy atom. The monoisotopic (exact) mass is 523 g/mol. The molecule has 4 heterocycles. The summed E-state index contributed by atoms with van der Waals surface area (Å²) in [6, 6.07) is 18.7. The SMILES string of the molecule is CCn1c(=O)c(-c2ccccc2C2CCN(C)C2)cc2cnc(Nc3ccc(N4CCN(C)CC4)cc3)nc21. The predicted molar refractivity (Wildman–Crippen MR) is 159 cm³/mol. The van der Waals surface area contributed by atoms with E-state index in [9.17, 15) is 4.79 Å². The highest BCUT2D eigenvalue weighted by atomic mass is 16.1. The third kappa shape index (κ3) is 5.14. The van der Waals surface area contributed by atoms with Crippen LogP contribution in [0.3, 0.4) is 0 Å². The molecule has 1 atom stereocenters. The van der Waals surface area contributed by atoms with Gasteiger partial charge in [0, 0.05) is 67.8 Å². The summed E-state index contributed by atoms with van der Waals surface area (Å²) in [7, 11) is 4.33. The summed E-state index contributed by atoms with van der Waals surface area (Å²) in [5.74, 6) is 0.917. The van der Waals surface area contributed by atoms with Crippen LogP contribution in [0, 0.1) is 0 Å². The van der Waals surface area contributed by atoms with Gasteiger partial charge in [-0.3, -0.25) is 9.36 Å². The number of hydrogen-bond donors (Lipinski definition) is 1. The number of pyridine rings is 1. The number of aromatic nitrogens is 3. The molecule has 2 saturated heterocycles. The second-order valence-electron chi connectivity index (χ2n) is 10.9. The van der Waals surface area contributed by atoms with Crippen molar-refractivity contribution >= 4 is 28.4 Å². The molecule has 0 spiro atoms. The molecule has 0 aliphatic carbocycles. The predicted octanol–water partition coefficient (Wildman–Crippen LogP) is 4.39. The molecule has 8 heteroatoms. The molecule has 6 rings (SSSR count). The van der Waals surface area contributed by atoms with Crippen molar-refractivity contribution in [3.63, 3.8) is 0 Å². The zero-order valence-electron chi connectivity index (χ0n) is 23.1. The van der Waals surface area contributed by atoms with Crippen LogP contribution in [0.1, 0.15) is 24.8 Å². The summed E-state index contributed by atoms with van der Waals surface area (Å²) in [5, 5.41) is 4.19. The van der Waals surface area contributed by atoms with Crippen LogP contribution < -0.4 is 15.8 Å². The van der Waals surface area contributed by atoms with E-state index in [0.717, 1.165) is 67.9 Å². The highest BCUT2D eigenvalue weighted by molar-refractivity contribution is 5.83. The number of nitrogens with zero attached hydrogens (tertiary/aromatic N) is 6. The van der Waals surface area contributed by atoms with E-state index in [4.69, 9.17) is 4.98 Å². The fraction of sp³-hybridized carbons (Fsp3) is 0.387. The first-order valence-corrected chi connectivity index (χ1v) is 14.0. The number of rotatable bonds is 6. The Bertz CT molecular complexity index is 1520. The average Bonchev–Trinajstić information content (AvgIpc) is 3.40. The van der Waals surface area contributed by atoms with Gasteiger partial charge >= 0.3 is 0 Å². The van der Waals surface area contributed by atoms with Crippen molar-refractivity contribution < 1.29 is 0 Å². The highest BCUT2D eigenvalue weighted by Crippen LogP contribution is 2.34. The largest absolute Gasteiger partial charge is 0.369 e. The van der Waals surface area contributed by atoms with E-state index in [2.05, 4.69) is 81.6 Å². The van der Waals surface area contributed by atoms with Gasteiger partial charge in [-0.05, 0) is 81.4 Å². The molecule has 8 nitrogen and oxygen atoms in total. The van der Waals surface area contributed by atoms with E-state index in [1.165, 1.54) is 11.3 Å². The van der Waals surface area contributed by atoms with Gasteiger partial charge in [-0.2, -0.15) is 4.98 Å². The van der Waals surface area contributed by atoms with Gasteiger partial charge in [0.1, 0.15) is 5.65 Å². The van der Waals surface area contributed by atoms with Crippen LogP contribution in [0.15, 0.2) is 65.6 Å². The van der Waals surface area contributed by atoms with Crippen molar-refractivity contribution in [1.82, 2.24) is 24.3 Å². The maximum Gasteiger partial charge on any atom is 0.260 e. The lowest BCUT2D eigenvalue weighted by Crippen LogP contribution is -2.44. The van der Waals surface area contributed by atoms with Gasteiger partial charge < -0.3 is 20.0 Å². The Morgan fingerprint density at radius 2 is 1.69 bits per heavy atom. The molecule has 2 aliphatic heterocycles. The molecule has 202 valence electrons. The Morgan fingerprint density at radius 1 is 0.923 bits per heavy atom. The summed E-state index contributed by atoms with van der Waals surface area (Å²) < 4.78 is 1.77. The molecule has 2 fully saturated rings. The zero-order valence-corrected chi connectivity index (χ0v) is 23.1. The Kier molecular flexibility index (Phi) is 7.06. The summed E-state index contributed by atoms with van der Waals surface area (Å²) >= 11 is 0. The second kappa shape index (κ2) is 10.8. The van der Waals surface area contributed by atoms with Gasteiger partial charge in [-0.15, -0.1) is 0 Å². The van der Waals surface area contributed by atoms with E-state index in [1.54, 1.807) is 4.57 Å². The number of hydrogen-bond acceptors (Lipinski definition) is 7. The average molecular weight is 524 g/mol. The number of fused-ring (bicyclic) bond motifs is 1. The number of aryl methyl sites for hydroxylation is 1. The van der Waals surface area contributed by atoms with Crippen LogP contribution in [0.4, 0.5) is 17.3 Å². The highest BCUT2D eigenvalue weighted by Gasteiger charge is 2.25. The first-order chi connectivity index (χ1) is 19.0. The summed E-state index contributed by atoms with van der Waals surface area (Å²) in [4.78, 5) is 30.3. The number of likely N-dealkylation sites (tertiary alicyclic amines) is 1. The fourth-order valence-corrected chi connectivity index (χ4v) is 5.94. The van der Waals surface area contributed by atoms with E-state index >= 15 is 0 Å². The van der Waals surface area contributed by atoms with E-state index in [1.807, 2.05) is 25.3 Å². The Balaban J connectivity index is 1.30. The van der Waals surface area contributed by atoms with Gasteiger partial charge in [0.05, 0.1) is 0 Å². The number of nitrogens with one attached hydrogen (secondary N) is 1. The van der Waals surface area contributed by atoms with Crippen LogP contribution in [-0.4, -0.2) is 77.7 Å². The summed E-state index contributed by atoms with van der Waals surface area (Å²) in [6.07, 6.45) is 2.93. The molecule has 0 amide bonds. The molecular weight excluding hydrogens is 486 g/mol. The van der Waals surface area contributed by atoms with Crippen molar-refractivity contribution in [2.24, 2.45) is 0 Å². The first-order valence-electron chi connectivity index (χ1n) is 14.0. The van der Waals surface area contributed by atoms with E-state index in [0.29, 0.717) is 24.1 Å². The third-order valence-corrected chi connectivity index (χ3v) is 8.22. The molecule has 39 heavy (non-hydrogen) atoms. The number of likely N-dealkylation sites (N-methyl/N-ethyl adjacent to an activating group) is 2.